The molecule has 3 unspecified atom stereocenters. The summed E-state index contributed by atoms with van der Waals surface area (Å²) in [5.41, 5.74) is 0. The summed E-state index contributed by atoms with van der Waals surface area (Å²) in [6, 6.07) is 23.3. The zero-order valence-corrected chi connectivity index (χ0v) is 23.8. The zero-order chi connectivity index (χ0) is 26.2. The number of ether oxygens (including phenoxy) is 1. The fourth-order valence-corrected chi connectivity index (χ4v) is 8.51. The highest BCUT2D eigenvalue weighted by atomic mass is 32.2. The monoisotopic (exact) mass is 569 g/mol. The minimum atomic E-state index is -0.250. The Morgan fingerprint density at radius 2 is 1.34 bits per heavy atom. The largest absolute Gasteiger partial charge is 0.477 e. The van der Waals surface area contributed by atoms with Crippen molar-refractivity contribution in [3.8, 4) is 0 Å². The lowest BCUT2D eigenvalue weighted by Crippen LogP contribution is -2.33. The van der Waals surface area contributed by atoms with E-state index < -0.39 is 0 Å². The van der Waals surface area contributed by atoms with Gasteiger partial charge in [0, 0.05) is 33.1 Å². The molecular weight excluding hydrogens is 537 g/mol. The molecule has 0 amide bonds. The summed E-state index contributed by atoms with van der Waals surface area (Å²) in [5.74, 6) is 1.87. The first-order valence-corrected chi connectivity index (χ1v) is 15.9. The summed E-state index contributed by atoms with van der Waals surface area (Å²) in [7, 11) is 0. The van der Waals surface area contributed by atoms with E-state index in [-0.39, 0.29) is 22.3 Å². The molecule has 2 aliphatic carbocycles. The molecule has 0 heterocycles. The molecule has 0 N–H and O–H groups in total. The predicted molar refractivity (Wildman–Crippen MR) is 157 cm³/mol. The fraction of sp³-hybridized carbons (Fsp3) is 0.387. The van der Waals surface area contributed by atoms with Crippen LogP contribution in [0.15, 0.2) is 97.9 Å². The Morgan fingerprint density at radius 3 is 1.97 bits per heavy atom. The number of rotatable bonds is 9. The molecule has 0 spiro atoms. The molecule has 2 aliphatic rings. The highest BCUT2D eigenvalue weighted by molar-refractivity contribution is 8.17. The van der Waals surface area contributed by atoms with Crippen LogP contribution in [0.4, 0.5) is 8.78 Å². The third-order valence-corrected chi connectivity index (χ3v) is 10.6. The Kier molecular flexibility index (Phi) is 10.1. The van der Waals surface area contributed by atoms with E-state index in [0.29, 0.717) is 6.42 Å². The number of halogens is 2. The van der Waals surface area contributed by atoms with Gasteiger partial charge in [-0.1, -0.05) is 43.9 Å². The maximum Gasteiger partial charge on any atom is 0.197 e. The Bertz CT molecular complexity index is 1130. The summed E-state index contributed by atoms with van der Waals surface area (Å²) in [6.45, 7) is 0. The van der Waals surface area contributed by atoms with E-state index in [9.17, 15) is 8.78 Å². The number of hydrogen-bond donors (Lipinski definition) is 0. The molecule has 0 aromatic heterocycles. The second-order valence-electron chi connectivity index (χ2n) is 10.0. The number of thioether (sulfide) groups is 2. The summed E-state index contributed by atoms with van der Waals surface area (Å²) >= 11 is 4.76. The molecule has 3 aromatic rings. The van der Waals surface area contributed by atoms with Gasteiger partial charge in [-0.15, -0.1) is 23.5 Å². The minimum absolute atomic E-state index is 0.0204. The lowest BCUT2D eigenvalue weighted by molar-refractivity contribution is 0.0560. The van der Waals surface area contributed by atoms with Crippen molar-refractivity contribution >= 4 is 41.4 Å². The molecular formula is C31H33F2NOS3. The molecule has 0 aliphatic heterocycles. The molecule has 2 nitrogen and oxygen atoms in total. The van der Waals surface area contributed by atoms with E-state index in [4.69, 9.17) is 9.13 Å². The maximum absolute atomic E-state index is 13.6. The van der Waals surface area contributed by atoms with E-state index in [1.807, 2.05) is 18.2 Å². The van der Waals surface area contributed by atoms with Crippen LogP contribution in [-0.4, -0.2) is 16.6 Å². The highest BCUT2D eigenvalue weighted by Crippen LogP contribution is 2.43. The van der Waals surface area contributed by atoms with Crippen molar-refractivity contribution in [2.75, 3.05) is 0 Å². The summed E-state index contributed by atoms with van der Waals surface area (Å²) in [4.78, 5) is 3.02. The Labute approximate surface area is 237 Å². The zero-order valence-electron chi connectivity index (χ0n) is 21.3. The summed E-state index contributed by atoms with van der Waals surface area (Å²) in [6.07, 6.45) is 9.63. The number of hydrogen-bond acceptors (Lipinski definition) is 5. The summed E-state index contributed by atoms with van der Waals surface area (Å²) in [5, 5.41) is 0. The van der Waals surface area contributed by atoms with E-state index in [1.54, 1.807) is 47.8 Å². The smallest absolute Gasteiger partial charge is 0.197 e. The fourth-order valence-electron chi connectivity index (χ4n) is 5.40. The van der Waals surface area contributed by atoms with Gasteiger partial charge in [-0.2, -0.15) is 4.40 Å². The summed E-state index contributed by atoms with van der Waals surface area (Å²) < 4.78 is 38.8. The van der Waals surface area contributed by atoms with Crippen LogP contribution in [0.1, 0.15) is 51.4 Å². The second kappa shape index (κ2) is 13.9. The first-order valence-electron chi connectivity index (χ1n) is 13.4. The van der Waals surface area contributed by atoms with Crippen molar-refractivity contribution in [3.05, 3.63) is 90.5 Å². The van der Waals surface area contributed by atoms with Crippen LogP contribution < -0.4 is 0 Å². The molecule has 5 rings (SSSR count). The Balaban J connectivity index is 1.35. The number of nitrogens with zero attached hydrogens (tertiary/aromatic N) is 1. The van der Waals surface area contributed by atoms with Crippen LogP contribution in [0.2, 0.25) is 0 Å². The van der Waals surface area contributed by atoms with Crippen LogP contribution in [0.5, 0.6) is 0 Å². The minimum Gasteiger partial charge on any atom is -0.477 e. The SMILES string of the molecule is Fc1ccc(SC(CC(=NSc2ccccc2)OC2CCC3CCCCC3C2)Sc2ccc(F)cc2)cc1. The van der Waals surface area contributed by atoms with E-state index >= 15 is 0 Å². The normalized spacial score (nSPS) is 21.8. The van der Waals surface area contributed by atoms with Gasteiger partial charge < -0.3 is 4.74 Å². The van der Waals surface area contributed by atoms with Gasteiger partial charge in [0.2, 0.25) is 0 Å². The first kappa shape index (κ1) is 27.6. The van der Waals surface area contributed by atoms with Crippen molar-refractivity contribution in [2.45, 2.75) is 76.7 Å². The lowest BCUT2D eigenvalue weighted by Gasteiger charge is -2.39. The lowest BCUT2D eigenvalue weighted by atomic mass is 9.70. The van der Waals surface area contributed by atoms with Crippen molar-refractivity contribution in [1.29, 1.82) is 0 Å². The van der Waals surface area contributed by atoms with Crippen LogP contribution >= 0.6 is 35.5 Å². The van der Waals surface area contributed by atoms with Gasteiger partial charge in [0.1, 0.15) is 17.7 Å². The van der Waals surface area contributed by atoms with Gasteiger partial charge in [-0.3, -0.25) is 0 Å². The van der Waals surface area contributed by atoms with Crippen molar-refractivity contribution in [3.63, 3.8) is 0 Å². The van der Waals surface area contributed by atoms with Gasteiger partial charge in [0.05, 0.1) is 4.58 Å². The molecule has 0 bridgehead atoms. The quantitative estimate of drug-likeness (QED) is 0.0840. The second-order valence-corrected chi connectivity index (χ2v) is 13.7. The van der Waals surface area contributed by atoms with E-state index in [1.165, 1.54) is 68.3 Å². The number of benzene rings is 3. The van der Waals surface area contributed by atoms with Crippen LogP contribution in [-0.2, 0) is 4.74 Å². The van der Waals surface area contributed by atoms with Crippen LogP contribution in [0.3, 0.4) is 0 Å². The van der Waals surface area contributed by atoms with Crippen LogP contribution in [0.25, 0.3) is 0 Å². The topological polar surface area (TPSA) is 21.6 Å². The molecule has 0 radical (unpaired) electrons. The molecule has 38 heavy (non-hydrogen) atoms. The van der Waals surface area contributed by atoms with E-state index in [2.05, 4.69) is 12.1 Å². The van der Waals surface area contributed by atoms with Gasteiger partial charge in [0.25, 0.3) is 0 Å². The van der Waals surface area contributed by atoms with Gasteiger partial charge in [0.15, 0.2) is 5.90 Å². The van der Waals surface area contributed by atoms with Crippen LogP contribution in [0, 0.1) is 23.5 Å². The molecule has 2 saturated carbocycles. The number of fused-ring (bicyclic) bond motifs is 1. The molecule has 200 valence electrons. The average Bonchev–Trinajstić information content (AvgIpc) is 2.94. The molecule has 2 fully saturated rings. The van der Waals surface area contributed by atoms with Crippen molar-refractivity contribution in [2.24, 2.45) is 16.2 Å². The third-order valence-electron chi connectivity index (χ3n) is 7.29. The molecule has 0 saturated heterocycles. The van der Waals surface area contributed by atoms with E-state index in [0.717, 1.165) is 45.3 Å². The van der Waals surface area contributed by atoms with Crippen molar-refractivity contribution < 1.29 is 13.5 Å². The standard InChI is InChI=1S/C31H33F2NOS3/c32-24-11-16-27(17-12-24)36-31(37-28-18-13-25(33)14-19-28)21-30(34-38-29-8-2-1-3-9-29)35-26-15-10-22-6-4-5-7-23(22)20-26/h1-3,8-9,11-14,16-19,22-23,26,31H,4-7,10,15,20-21H2. The molecule has 3 aromatic carbocycles. The highest BCUT2D eigenvalue weighted by Gasteiger charge is 2.34. The predicted octanol–water partition coefficient (Wildman–Crippen LogP) is 10.0. The Hall–Kier alpha value is -1.96. The van der Waals surface area contributed by atoms with Gasteiger partial charge in [-0.25, -0.2) is 8.78 Å². The van der Waals surface area contributed by atoms with Gasteiger partial charge in [-0.05, 0) is 91.8 Å². The maximum atomic E-state index is 13.6. The third kappa shape index (κ3) is 8.27. The Morgan fingerprint density at radius 1 is 0.737 bits per heavy atom. The average molecular weight is 570 g/mol. The molecule has 3 atom stereocenters. The molecule has 7 heteroatoms. The van der Waals surface area contributed by atoms with Crippen molar-refractivity contribution in [1.82, 2.24) is 0 Å². The first-order chi connectivity index (χ1) is 18.6. The van der Waals surface area contributed by atoms with Gasteiger partial charge >= 0.3 is 0 Å².